The number of rotatable bonds is 5. The molecule has 0 spiro atoms. The van der Waals surface area contributed by atoms with Gasteiger partial charge >= 0.3 is 0 Å². The first kappa shape index (κ1) is 14.5. The molecule has 19 heavy (non-hydrogen) atoms. The van der Waals surface area contributed by atoms with Gasteiger partial charge in [0, 0.05) is 13.1 Å². The molecule has 1 aliphatic heterocycles. The molecule has 0 aromatic heterocycles. The molecule has 0 N–H and O–H groups in total. The van der Waals surface area contributed by atoms with Crippen LogP contribution in [0.15, 0.2) is 29.2 Å². The van der Waals surface area contributed by atoms with Gasteiger partial charge in [-0.1, -0.05) is 12.1 Å². The predicted molar refractivity (Wildman–Crippen MR) is 74.4 cm³/mol. The highest BCUT2D eigenvalue weighted by Crippen LogP contribution is 2.21. The fourth-order valence-electron chi connectivity index (χ4n) is 2.14. The van der Waals surface area contributed by atoms with E-state index in [4.69, 9.17) is 4.74 Å². The van der Waals surface area contributed by atoms with E-state index in [1.54, 1.807) is 22.5 Å². The molecule has 5 heteroatoms. The molecule has 0 aliphatic carbocycles. The standard InChI is InChI=1S/C14H21NO3S/c1-12(2)18-11-13-6-5-7-14(10-13)19(16,17)15-8-3-4-9-15/h5-7,10,12H,3-4,8-9,11H2,1-2H3. The van der Waals surface area contributed by atoms with E-state index >= 15 is 0 Å². The van der Waals surface area contributed by atoms with Crippen LogP contribution in [0, 0.1) is 0 Å². The van der Waals surface area contributed by atoms with Gasteiger partial charge in [-0.2, -0.15) is 4.31 Å². The van der Waals surface area contributed by atoms with Crippen molar-refractivity contribution in [1.82, 2.24) is 4.31 Å². The van der Waals surface area contributed by atoms with Gasteiger partial charge in [-0.15, -0.1) is 0 Å². The average Bonchev–Trinajstić information content (AvgIpc) is 2.91. The van der Waals surface area contributed by atoms with E-state index in [1.165, 1.54) is 0 Å². The summed E-state index contributed by atoms with van der Waals surface area (Å²) < 4.78 is 31.9. The zero-order valence-electron chi connectivity index (χ0n) is 11.5. The Morgan fingerprint density at radius 1 is 1.26 bits per heavy atom. The zero-order valence-corrected chi connectivity index (χ0v) is 12.3. The van der Waals surface area contributed by atoms with Crippen molar-refractivity contribution < 1.29 is 13.2 Å². The number of nitrogens with zero attached hydrogens (tertiary/aromatic N) is 1. The first-order valence-corrected chi connectivity index (χ1v) is 8.15. The van der Waals surface area contributed by atoms with Crippen LogP contribution >= 0.6 is 0 Å². The maximum atomic E-state index is 12.4. The maximum absolute atomic E-state index is 12.4. The van der Waals surface area contributed by atoms with Gasteiger partial charge in [0.25, 0.3) is 0 Å². The fourth-order valence-corrected chi connectivity index (χ4v) is 3.72. The Morgan fingerprint density at radius 3 is 2.58 bits per heavy atom. The van der Waals surface area contributed by atoms with Crippen LogP contribution in [0.4, 0.5) is 0 Å². The molecule has 0 bridgehead atoms. The maximum Gasteiger partial charge on any atom is 0.243 e. The number of hydrogen-bond donors (Lipinski definition) is 0. The number of ether oxygens (including phenoxy) is 1. The lowest BCUT2D eigenvalue weighted by Gasteiger charge is -2.16. The molecule has 2 rings (SSSR count). The molecule has 1 fully saturated rings. The van der Waals surface area contributed by atoms with Gasteiger partial charge in [0.2, 0.25) is 10.0 Å². The summed E-state index contributed by atoms with van der Waals surface area (Å²) in [6, 6.07) is 7.05. The first-order valence-electron chi connectivity index (χ1n) is 6.71. The third kappa shape index (κ3) is 3.55. The van der Waals surface area contributed by atoms with Gasteiger partial charge in [0.05, 0.1) is 17.6 Å². The van der Waals surface area contributed by atoms with Gasteiger partial charge < -0.3 is 4.74 Å². The zero-order chi connectivity index (χ0) is 13.9. The minimum atomic E-state index is -3.32. The Kier molecular flexibility index (Phi) is 4.60. The van der Waals surface area contributed by atoms with Crippen LogP contribution in [0.2, 0.25) is 0 Å². The van der Waals surface area contributed by atoms with E-state index < -0.39 is 10.0 Å². The first-order chi connectivity index (χ1) is 9.00. The third-order valence-corrected chi connectivity index (χ3v) is 5.08. The smallest absolute Gasteiger partial charge is 0.243 e. The summed E-state index contributed by atoms with van der Waals surface area (Å²) in [6.45, 7) is 5.64. The normalized spacial score (nSPS) is 17.2. The molecule has 106 valence electrons. The van der Waals surface area contributed by atoms with Crippen molar-refractivity contribution in [2.75, 3.05) is 13.1 Å². The Balaban J connectivity index is 2.17. The van der Waals surface area contributed by atoms with Crippen molar-refractivity contribution in [1.29, 1.82) is 0 Å². The predicted octanol–water partition coefficient (Wildman–Crippen LogP) is 2.40. The van der Waals surface area contributed by atoms with Gasteiger partial charge in [-0.05, 0) is 44.4 Å². The van der Waals surface area contributed by atoms with Crippen molar-refractivity contribution in [2.45, 2.75) is 44.3 Å². The Morgan fingerprint density at radius 2 is 1.95 bits per heavy atom. The largest absolute Gasteiger partial charge is 0.374 e. The summed E-state index contributed by atoms with van der Waals surface area (Å²) in [5.41, 5.74) is 0.897. The molecule has 0 atom stereocenters. The van der Waals surface area contributed by atoms with Gasteiger partial charge in [0.1, 0.15) is 0 Å². The lowest BCUT2D eigenvalue weighted by atomic mass is 10.2. The van der Waals surface area contributed by atoms with Crippen LogP contribution < -0.4 is 0 Å². The summed E-state index contributed by atoms with van der Waals surface area (Å²) in [6.07, 6.45) is 2.05. The van der Waals surface area contributed by atoms with Crippen molar-refractivity contribution in [3.63, 3.8) is 0 Å². The molecule has 0 amide bonds. The number of sulfonamides is 1. The van der Waals surface area contributed by atoms with E-state index in [0.29, 0.717) is 24.6 Å². The van der Waals surface area contributed by atoms with Crippen molar-refractivity contribution in [3.05, 3.63) is 29.8 Å². The summed E-state index contributed by atoms with van der Waals surface area (Å²) in [5, 5.41) is 0. The minimum Gasteiger partial charge on any atom is -0.374 e. The van der Waals surface area contributed by atoms with Crippen molar-refractivity contribution >= 4 is 10.0 Å². The quantitative estimate of drug-likeness (QED) is 0.833. The highest BCUT2D eigenvalue weighted by molar-refractivity contribution is 7.89. The molecule has 0 unspecified atom stereocenters. The Labute approximate surface area is 115 Å². The van der Waals surface area contributed by atoms with Crippen LogP contribution in [0.1, 0.15) is 32.3 Å². The molecule has 1 aromatic rings. The lowest BCUT2D eigenvalue weighted by molar-refractivity contribution is 0.0656. The van der Waals surface area contributed by atoms with Crippen LogP contribution in [-0.2, 0) is 21.4 Å². The number of benzene rings is 1. The SMILES string of the molecule is CC(C)OCc1cccc(S(=O)(=O)N2CCCC2)c1. The average molecular weight is 283 g/mol. The van der Waals surface area contributed by atoms with E-state index in [-0.39, 0.29) is 6.10 Å². The summed E-state index contributed by atoms with van der Waals surface area (Å²) in [5.74, 6) is 0. The molecular formula is C14H21NO3S. The molecule has 0 radical (unpaired) electrons. The van der Waals surface area contributed by atoms with Gasteiger partial charge in [-0.25, -0.2) is 8.42 Å². The lowest BCUT2D eigenvalue weighted by Crippen LogP contribution is -2.27. The summed E-state index contributed by atoms with van der Waals surface area (Å²) in [7, 11) is -3.32. The monoisotopic (exact) mass is 283 g/mol. The van der Waals surface area contributed by atoms with E-state index in [9.17, 15) is 8.42 Å². The molecule has 1 aromatic carbocycles. The summed E-state index contributed by atoms with van der Waals surface area (Å²) >= 11 is 0. The van der Waals surface area contributed by atoms with E-state index in [1.807, 2.05) is 19.9 Å². The van der Waals surface area contributed by atoms with Gasteiger partial charge in [-0.3, -0.25) is 0 Å². The second-order valence-electron chi connectivity index (χ2n) is 5.12. The molecule has 4 nitrogen and oxygen atoms in total. The second-order valence-corrected chi connectivity index (χ2v) is 7.06. The summed E-state index contributed by atoms with van der Waals surface area (Å²) in [4.78, 5) is 0.374. The fraction of sp³-hybridized carbons (Fsp3) is 0.571. The topological polar surface area (TPSA) is 46.6 Å². The second kappa shape index (κ2) is 6.03. The van der Waals surface area contributed by atoms with Crippen LogP contribution in [0.5, 0.6) is 0 Å². The van der Waals surface area contributed by atoms with Crippen LogP contribution in [0.3, 0.4) is 0 Å². The van der Waals surface area contributed by atoms with Crippen molar-refractivity contribution in [2.24, 2.45) is 0 Å². The molecular weight excluding hydrogens is 262 g/mol. The molecule has 0 saturated carbocycles. The Bertz CT molecular complexity index is 519. The van der Waals surface area contributed by atoms with Crippen LogP contribution in [-0.4, -0.2) is 31.9 Å². The van der Waals surface area contributed by atoms with Crippen molar-refractivity contribution in [3.8, 4) is 0 Å². The van der Waals surface area contributed by atoms with Gasteiger partial charge in [0.15, 0.2) is 0 Å². The molecule has 1 saturated heterocycles. The van der Waals surface area contributed by atoms with E-state index in [2.05, 4.69) is 0 Å². The highest BCUT2D eigenvalue weighted by Gasteiger charge is 2.27. The molecule has 1 aliphatic rings. The third-order valence-electron chi connectivity index (χ3n) is 3.18. The Hall–Kier alpha value is -0.910. The highest BCUT2D eigenvalue weighted by atomic mass is 32.2. The minimum absolute atomic E-state index is 0.138. The van der Waals surface area contributed by atoms with Crippen LogP contribution in [0.25, 0.3) is 0 Å². The number of hydrogen-bond acceptors (Lipinski definition) is 3. The molecule has 1 heterocycles. The van der Waals surface area contributed by atoms with E-state index in [0.717, 1.165) is 18.4 Å².